The van der Waals surface area contributed by atoms with Gasteiger partial charge >= 0.3 is 0 Å². The van der Waals surface area contributed by atoms with Gasteiger partial charge in [0.05, 0.1) is 0 Å². The molecule has 56 heavy (non-hydrogen) atoms. The molecule has 7 heteroatoms. The fraction of sp³-hybridized carbons (Fsp3) is 0.0204. The number of ether oxygens (including phenoxy) is 1. The zero-order chi connectivity index (χ0) is 36.5. The van der Waals surface area contributed by atoms with Crippen molar-refractivity contribution >= 4 is 60.8 Å². The van der Waals surface area contributed by atoms with Crippen LogP contribution in [0.2, 0.25) is 0 Å². The van der Waals surface area contributed by atoms with Gasteiger partial charge in [-0.15, -0.1) is 41.6 Å². The number of aromatic nitrogens is 2. The number of benzene rings is 7. The molecule has 0 amide bonds. The fourth-order valence-electron chi connectivity index (χ4n) is 7.92. The van der Waals surface area contributed by atoms with Crippen molar-refractivity contribution in [2.45, 2.75) is 0 Å². The second kappa shape index (κ2) is 13.6. The molecule has 0 aliphatic carbocycles. The van der Waals surface area contributed by atoms with Crippen LogP contribution in [0, 0.1) is 18.8 Å². The second-order valence-corrected chi connectivity index (χ2v) is 13.8. The van der Waals surface area contributed by atoms with E-state index in [1.54, 1.807) is 0 Å². The van der Waals surface area contributed by atoms with Gasteiger partial charge in [0.15, 0.2) is 0 Å². The third kappa shape index (κ3) is 5.56. The molecule has 7 aromatic carbocycles. The monoisotopic (exact) mass is 902 g/mol. The largest absolute Gasteiger partial charge is 0.509 e. The molecule has 0 radical (unpaired) electrons. The molecule has 11 rings (SSSR count). The van der Waals surface area contributed by atoms with Crippen LogP contribution >= 0.6 is 0 Å². The first kappa shape index (κ1) is 33.9. The van der Waals surface area contributed by atoms with E-state index in [1.165, 1.54) is 11.1 Å². The van der Waals surface area contributed by atoms with Gasteiger partial charge in [0.2, 0.25) is 0 Å². The third-order valence-corrected chi connectivity index (χ3v) is 10.5. The van der Waals surface area contributed by atoms with Gasteiger partial charge in [-0.2, -0.15) is 12.7 Å². The molecule has 3 aromatic heterocycles. The number of pyridine rings is 1. The molecule has 0 spiro atoms. The molecule has 272 valence electrons. The molecular formula is C49H31N4O2Pt-3. The molecule has 1 aliphatic heterocycles. The Kier molecular flexibility index (Phi) is 8.23. The summed E-state index contributed by atoms with van der Waals surface area (Å²) < 4.78 is 15.2. The maximum Gasteiger partial charge on any atom is 0.140 e. The Morgan fingerprint density at radius 3 is 2.20 bits per heavy atom. The van der Waals surface area contributed by atoms with E-state index in [0.717, 1.165) is 77.8 Å². The van der Waals surface area contributed by atoms with Crippen molar-refractivity contribution in [3.63, 3.8) is 0 Å². The molecule has 0 bridgehead atoms. The van der Waals surface area contributed by atoms with E-state index in [1.807, 2.05) is 54.7 Å². The quantitative estimate of drug-likeness (QED) is 0.156. The molecule has 0 saturated carbocycles. The summed E-state index contributed by atoms with van der Waals surface area (Å²) in [5.41, 5.74) is 11.0. The molecule has 6 nitrogen and oxygen atoms in total. The number of rotatable bonds is 6. The third-order valence-electron chi connectivity index (χ3n) is 10.5. The number of nitrogens with zero attached hydrogens (tertiary/aromatic N) is 4. The molecule has 0 saturated heterocycles. The first-order chi connectivity index (χ1) is 27.2. The normalized spacial score (nSPS) is 12.4. The van der Waals surface area contributed by atoms with E-state index in [0.29, 0.717) is 11.5 Å². The smallest absolute Gasteiger partial charge is 0.140 e. The zero-order valence-corrected chi connectivity index (χ0v) is 32.4. The summed E-state index contributed by atoms with van der Waals surface area (Å²) in [7, 11) is 2.07. The van der Waals surface area contributed by atoms with Crippen molar-refractivity contribution in [3.05, 3.63) is 183 Å². The van der Waals surface area contributed by atoms with Crippen molar-refractivity contribution in [2.24, 2.45) is 0 Å². The van der Waals surface area contributed by atoms with Crippen LogP contribution in [-0.2, 0) is 21.1 Å². The van der Waals surface area contributed by atoms with Crippen LogP contribution in [0.4, 0.5) is 17.1 Å². The first-order valence-electron chi connectivity index (χ1n) is 18.3. The summed E-state index contributed by atoms with van der Waals surface area (Å²) in [5.74, 6) is 1.90. The van der Waals surface area contributed by atoms with Gasteiger partial charge in [-0.25, -0.2) is 4.98 Å². The van der Waals surface area contributed by atoms with Crippen LogP contribution in [0.3, 0.4) is 0 Å². The average Bonchev–Trinajstić information content (AvgIpc) is 3.89. The van der Waals surface area contributed by atoms with E-state index >= 15 is 0 Å². The Morgan fingerprint density at radius 2 is 1.36 bits per heavy atom. The molecule has 1 aliphatic rings. The average molecular weight is 903 g/mol. The van der Waals surface area contributed by atoms with Crippen molar-refractivity contribution in [3.8, 4) is 39.6 Å². The van der Waals surface area contributed by atoms with Gasteiger partial charge < -0.3 is 23.5 Å². The molecule has 0 unspecified atom stereocenters. The number of fused-ring (bicyclic) bond motifs is 7. The van der Waals surface area contributed by atoms with Crippen LogP contribution < -0.4 is 14.5 Å². The van der Waals surface area contributed by atoms with Gasteiger partial charge in [0, 0.05) is 72.5 Å². The SMILES string of the molecule is CN1[CH-]N(c2[c-]c(Oc3[c-]c4c(c(-c5ccccc5)c3)c3ccccc3n4-c3cc4oc5ccccc5c4cn3)ccc2)c2ccc(-c3ccccc3)cc21.[Pt]. The van der Waals surface area contributed by atoms with Crippen LogP contribution in [0.5, 0.6) is 11.5 Å². The van der Waals surface area contributed by atoms with Gasteiger partial charge in [0.1, 0.15) is 17.0 Å². The first-order valence-corrected chi connectivity index (χ1v) is 18.3. The van der Waals surface area contributed by atoms with Crippen molar-refractivity contribution in [2.75, 3.05) is 16.8 Å². The summed E-state index contributed by atoms with van der Waals surface area (Å²) in [4.78, 5) is 9.31. The van der Waals surface area contributed by atoms with Gasteiger partial charge in [-0.3, -0.25) is 0 Å². The van der Waals surface area contributed by atoms with Crippen molar-refractivity contribution in [1.82, 2.24) is 9.55 Å². The van der Waals surface area contributed by atoms with Crippen LogP contribution in [-0.4, -0.2) is 16.6 Å². The topological polar surface area (TPSA) is 46.7 Å². The summed E-state index contributed by atoms with van der Waals surface area (Å²) in [6, 6.07) is 61.3. The number of furan rings is 1. The van der Waals surface area contributed by atoms with E-state index < -0.39 is 0 Å². The van der Waals surface area contributed by atoms with Crippen LogP contribution in [0.25, 0.3) is 71.8 Å². The number of anilines is 3. The number of para-hydroxylation sites is 2. The summed E-state index contributed by atoms with van der Waals surface area (Å²) in [5, 5.41) is 4.19. The van der Waals surface area contributed by atoms with Crippen molar-refractivity contribution < 1.29 is 30.2 Å². The van der Waals surface area contributed by atoms with Gasteiger partial charge in [-0.05, 0) is 53.4 Å². The number of hydrogen-bond acceptors (Lipinski definition) is 5. The number of hydrogen-bond donors (Lipinski definition) is 0. The van der Waals surface area contributed by atoms with E-state index in [-0.39, 0.29) is 21.1 Å². The maximum absolute atomic E-state index is 6.72. The van der Waals surface area contributed by atoms with E-state index in [4.69, 9.17) is 14.1 Å². The fourth-order valence-corrected chi connectivity index (χ4v) is 7.92. The standard InChI is InChI=1S/C49H31N4O2.Pt/c1-51-31-52(43-24-23-34(25-44(43)51)32-13-4-2-5-14-32)35-17-12-18-36(26-35)54-37-27-40(33-15-6-3-7-16-33)49-39-20-8-10-21-42(39)53(45(49)28-37)48-29-47-41(30-50-48)38-19-9-11-22-46(38)55-47;/h2-25,27,29-31H,1H3;/q-3;. The Labute approximate surface area is 338 Å². The zero-order valence-electron chi connectivity index (χ0n) is 30.1. The van der Waals surface area contributed by atoms with Gasteiger partial charge in [0.25, 0.3) is 0 Å². The molecule has 0 fully saturated rings. The maximum atomic E-state index is 6.72. The molecule has 0 N–H and O–H groups in total. The Morgan fingerprint density at radius 1 is 0.607 bits per heavy atom. The van der Waals surface area contributed by atoms with E-state index in [2.05, 4.69) is 149 Å². The minimum Gasteiger partial charge on any atom is -0.509 e. The summed E-state index contributed by atoms with van der Waals surface area (Å²) in [6.07, 6.45) is 1.91. The molecule has 10 aromatic rings. The Hall–Kier alpha value is -6.62. The minimum atomic E-state index is 0. The Balaban J connectivity index is 0.00000384. The molecule has 4 heterocycles. The Bertz CT molecular complexity index is 3080. The predicted molar refractivity (Wildman–Crippen MR) is 222 cm³/mol. The van der Waals surface area contributed by atoms with Gasteiger partial charge in [-0.1, -0.05) is 114 Å². The summed E-state index contributed by atoms with van der Waals surface area (Å²) in [6.45, 7) is 2.09. The molecule has 0 atom stereocenters. The van der Waals surface area contributed by atoms with E-state index in [9.17, 15) is 0 Å². The minimum absolute atomic E-state index is 0. The summed E-state index contributed by atoms with van der Waals surface area (Å²) >= 11 is 0. The predicted octanol–water partition coefficient (Wildman–Crippen LogP) is 12.5. The second-order valence-electron chi connectivity index (χ2n) is 13.8. The van der Waals surface area contributed by atoms with Crippen LogP contribution in [0.15, 0.2) is 168 Å². The van der Waals surface area contributed by atoms with Crippen molar-refractivity contribution in [1.29, 1.82) is 0 Å². The van der Waals surface area contributed by atoms with Crippen LogP contribution in [0.1, 0.15) is 0 Å². The molecular weight excluding hydrogens is 872 g/mol.